The van der Waals surface area contributed by atoms with E-state index in [-0.39, 0.29) is 25.3 Å². The van der Waals surface area contributed by atoms with Gasteiger partial charge < -0.3 is 10.4 Å². The SMILES string of the molecule is O=C(NCC1(O)CCC1)C1CCCC(F)(F)C1. The first-order valence-corrected chi connectivity index (χ1v) is 6.28. The summed E-state index contributed by atoms with van der Waals surface area (Å²) >= 11 is 0. The third-order valence-corrected chi connectivity index (χ3v) is 3.89. The van der Waals surface area contributed by atoms with Crippen molar-refractivity contribution in [1.82, 2.24) is 5.32 Å². The predicted octanol–water partition coefficient (Wildman–Crippen LogP) is 1.84. The summed E-state index contributed by atoms with van der Waals surface area (Å²) < 4.78 is 26.3. The number of rotatable bonds is 3. The number of nitrogens with one attached hydrogen (secondary N) is 1. The van der Waals surface area contributed by atoms with E-state index in [1.807, 2.05) is 0 Å². The summed E-state index contributed by atoms with van der Waals surface area (Å²) in [6.45, 7) is 0.202. The quantitative estimate of drug-likeness (QED) is 0.799. The lowest BCUT2D eigenvalue weighted by molar-refractivity contribution is -0.134. The maximum atomic E-state index is 13.1. The van der Waals surface area contributed by atoms with Crippen LogP contribution in [-0.4, -0.2) is 29.1 Å². The number of amides is 1. The zero-order chi connectivity index (χ0) is 12.5. The monoisotopic (exact) mass is 247 g/mol. The molecule has 1 amide bonds. The molecule has 2 aliphatic carbocycles. The van der Waals surface area contributed by atoms with Gasteiger partial charge in [0, 0.05) is 25.3 Å². The second-order valence-corrected chi connectivity index (χ2v) is 5.44. The molecule has 0 saturated heterocycles. The van der Waals surface area contributed by atoms with Crippen LogP contribution in [-0.2, 0) is 4.79 Å². The number of aliphatic hydroxyl groups is 1. The third kappa shape index (κ3) is 3.15. The van der Waals surface area contributed by atoms with Crippen LogP contribution in [0.3, 0.4) is 0 Å². The highest BCUT2D eigenvalue weighted by Crippen LogP contribution is 2.37. The van der Waals surface area contributed by atoms with Crippen molar-refractivity contribution in [3.8, 4) is 0 Å². The molecule has 0 aromatic heterocycles. The molecule has 0 spiro atoms. The van der Waals surface area contributed by atoms with Crippen molar-refractivity contribution in [2.24, 2.45) is 5.92 Å². The van der Waals surface area contributed by atoms with E-state index in [2.05, 4.69) is 5.32 Å². The van der Waals surface area contributed by atoms with Crippen molar-refractivity contribution in [1.29, 1.82) is 0 Å². The van der Waals surface area contributed by atoms with Crippen LogP contribution < -0.4 is 5.32 Å². The molecule has 0 aromatic carbocycles. The highest BCUT2D eigenvalue weighted by molar-refractivity contribution is 5.78. The van der Waals surface area contributed by atoms with Gasteiger partial charge in [-0.25, -0.2) is 8.78 Å². The Morgan fingerprint density at radius 1 is 1.29 bits per heavy atom. The third-order valence-electron chi connectivity index (χ3n) is 3.89. The molecule has 1 unspecified atom stereocenters. The van der Waals surface area contributed by atoms with E-state index in [9.17, 15) is 18.7 Å². The van der Waals surface area contributed by atoms with E-state index in [0.29, 0.717) is 25.7 Å². The molecule has 2 N–H and O–H groups in total. The van der Waals surface area contributed by atoms with Crippen molar-refractivity contribution in [2.75, 3.05) is 6.54 Å². The fourth-order valence-electron chi connectivity index (χ4n) is 2.55. The van der Waals surface area contributed by atoms with E-state index in [1.54, 1.807) is 0 Å². The molecule has 1 atom stereocenters. The topological polar surface area (TPSA) is 49.3 Å². The van der Waals surface area contributed by atoms with Gasteiger partial charge in [-0.05, 0) is 32.1 Å². The predicted molar refractivity (Wildman–Crippen MR) is 58.7 cm³/mol. The minimum atomic E-state index is -2.70. The molecule has 2 rings (SSSR count). The molecule has 2 fully saturated rings. The van der Waals surface area contributed by atoms with Gasteiger partial charge in [-0.2, -0.15) is 0 Å². The first kappa shape index (κ1) is 12.7. The molecule has 3 nitrogen and oxygen atoms in total. The highest BCUT2D eigenvalue weighted by Gasteiger charge is 2.40. The molecule has 0 radical (unpaired) electrons. The Morgan fingerprint density at radius 3 is 2.53 bits per heavy atom. The van der Waals surface area contributed by atoms with Crippen molar-refractivity contribution < 1.29 is 18.7 Å². The van der Waals surface area contributed by atoms with Crippen molar-refractivity contribution in [3.05, 3.63) is 0 Å². The second kappa shape index (κ2) is 4.52. The molecule has 17 heavy (non-hydrogen) atoms. The van der Waals surface area contributed by atoms with Gasteiger partial charge in [0.25, 0.3) is 0 Å². The smallest absolute Gasteiger partial charge is 0.248 e. The Labute approximate surface area is 99.6 Å². The molecule has 2 aliphatic rings. The van der Waals surface area contributed by atoms with Gasteiger partial charge in [0.15, 0.2) is 0 Å². The standard InChI is InChI=1S/C12H19F2NO2/c13-12(14)6-1-3-9(7-12)10(16)15-8-11(17)4-2-5-11/h9,17H,1-8H2,(H,15,16). The van der Waals surface area contributed by atoms with Crippen LogP contribution in [0.4, 0.5) is 8.78 Å². The Balaban J connectivity index is 1.79. The zero-order valence-electron chi connectivity index (χ0n) is 9.85. The van der Waals surface area contributed by atoms with Crippen LogP contribution in [0.25, 0.3) is 0 Å². The summed E-state index contributed by atoms with van der Waals surface area (Å²) in [6, 6.07) is 0. The summed E-state index contributed by atoms with van der Waals surface area (Å²) in [4.78, 5) is 11.7. The molecule has 0 heterocycles. The maximum absolute atomic E-state index is 13.1. The number of carbonyl (C=O) groups excluding carboxylic acids is 1. The number of hydrogen-bond acceptors (Lipinski definition) is 2. The van der Waals surface area contributed by atoms with E-state index in [4.69, 9.17) is 0 Å². The number of carbonyl (C=O) groups is 1. The molecule has 0 aromatic rings. The number of alkyl halides is 2. The Bertz CT molecular complexity index is 303. The Hall–Kier alpha value is -0.710. The molecule has 0 aliphatic heterocycles. The minimum absolute atomic E-state index is 0.110. The van der Waals surface area contributed by atoms with Gasteiger partial charge in [0.05, 0.1) is 5.60 Å². The lowest BCUT2D eigenvalue weighted by Crippen LogP contribution is -2.49. The largest absolute Gasteiger partial charge is 0.388 e. The summed E-state index contributed by atoms with van der Waals surface area (Å²) in [5.41, 5.74) is -0.785. The Kier molecular flexibility index (Phi) is 3.39. The van der Waals surface area contributed by atoms with Gasteiger partial charge in [0.1, 0.15) is 0 Å². The van der Waals surface area contributed by atoms with Gasteiger partial charge in [-0.3, -0.25) is 4.79 Å². The van der Waals surface area contributed by atoms with E-state index in [1.165, 1.54) is 0 Å². The molecule has 2 saturated carbocycles. The molecule has 0 bridgehead atoms. The van der Waals surface area contributed by atoms with Gasteiger partial charge in [-0.1, -0.05) is 0 Å². The van der Waals surface area contributed by atoms with Crippen LogP contribution >= 0.6 is 0 Å². The van der Waals surface area contributed by atoms with E-state index in [0.717, 1.165) is 6.42 Å². The maximum Gasteiger partial charge on any atom is 0.248 e. The van der Waals surface area contributed by atoms with Crippen LogP contribution in [0.2, 0.25) is 0 Å². The van der Waals surface area contributed by atoms with Crippen LogP contribution in [0.1, 0.15) is 44.9 Å². The first-order chi connectivity index (χ1) is 7.90. The average Bonchev–Trinajstić information content (AvgIpc) is 2.22. The van der Waals surface area contributed by atoms with Crippen LogP contribution in [0, 0.1) is 5.92 Å². The van der Waals surface area contributed by atoms with Crippen molar-refractivity contribution >= 4 is 5.91 Å². The average molecular weight is 247 g/mol. The number of halogens is 2. The summed E-state index contributed by atoms with van der Waals surface area (Å²) in [5.74, 6) is -3.62. The highest BCUT2D eigenvalue weighted by atomic mass is 19.3. The van der Waals surface area contributed by atoms with Crippen LogP contribution in [0.5, 0.6) is 0 Å². The summed E-state index contributed by atoms with van der Waals surface area (Å²) in [5, 5.41) is 12.4. The lowest BCUT2D eigenvalue weighted by Gasteiger charge is -2.37. The zero-order valence-corrected chi connectivity index (χ0v) is 9.85. The normalized spacial score (nSPS) is 30.4. The first-order valence-electron chi connectivity index (χ1n) is 6.28. The van der Waals surface area contributed by atoms with Gasteiger partial charge in [0.2, 0.25) is 11.8 Å². The van der Waals surface area contributed by atoms with Gasteiger partial charge in [-0.15, -0.1) is 0 Å². The van der Waals surface area contributed by atoms with E-state index >= 15 is 0 Å². The van der Waals surface area contributed by atoms with E-state index < -0.39 is 17.4 Å². The fourth-order valence-corrected chi connectivity index (χ4v) is 2.55. The number of hydrogen-bond donors (Lipinski definition) is 2. The summed E-state index contributed by atoms with van der Waals surface area (Å²) in [7, 11) is 0. The van der Waals surface area contributed by atoms with Crippen molar-refractivity contribution in [2.45, 2.75) is 56.5 Å². The molecule has 98 valence electrons. The van der Waals surface area contributed by atoms with Gasteiger partial charge >= 0.3 is 0 Å². The minimum Gasteiger partial charge on any atom is -0.388 e. The molecular formula is C12H19F2NO2. The Morgan fingerprint density at radius 2 is 2.00 bits per heavy atom. The fraction of sp³-hybridized carbons (Fsp3) is 0.917. The second-order valence-electron chi connectivity index (χ2n) is 5.44. The molecule has 5 heteroatoms. The lowest BCUT2D eigenvalue weighted by atomic mass is 9.80. The van der Waals surface area contributed by atoms with Crippen molar-refractivity contribution in [3.63, 3.8) is 0 Å². The van der Waals surface area contributed by atoms with Crippen LogP contribution in [0.15, 0.2) is 0 Å². The molecular weight excluding hydrogens is 228 g/mol. The summed E-state index contributed by atoms with van der Waals surface area (Å²) in [6.07, 6.45) is 2.81.